The molecule has 3 aromatic rings. The minimum Gasteiger partial charge on any atom is -0.432 e. The maximum absolute atomic E-state index is 14.2. The number of halogens is 2. The molecule has 0 unspecified atom stereocenters. The Hall–Kier alpha value is -2.32. The fourth-order valence-electron chi connectivity index (χ4n) is 3.24. The van der Waals surface area contributed by atoms with Crippen LogP contribution in [0.5, 0.6) is 11.6 Å². The second-order valence-electron chi connectivity index (χ2n) is 7.64. The molecule has 4 rings (SSSR count). The van der Waals surface area contributed by atoms with Gasteiger partial charge in [-0.25, -0.2) is 18.7 Å². The fourth-order valence-corrected chi connectivity index (χ4v) is 4.46. The minimum absolute atomic E-state index is 0.139. The molecule has 0 atom stereocenters. The molecule has 0 aliphatic carbocycles. The van der Waals surface area contributed by atoms with Crippen molar-refractivity contribution < 1.29 is 18.3 Å². The summed E-state index contributed by atoms with van der Waals surface area (Å²) < 4.78 is 39.5. The number of anilines is 1. The van der Waals surface area contributed by atoms with Crippen molar-refractivity contribution in [3.05, 3.63) is 41.0 Å². The number of fused-ring (bicyclic) bond motifs is 1. The quantitative estimate of drug-likeness (QED) is 0.621. The Labute approximate surface area is 165 Å². The van der Waals surface area contributed by atoms with E-state index < -0.39 is 17.4 Å². The van der Waals surface area contributed by atoms with E-state index in [0.717, 1.165) is 40.6 Å². The number of benzene rings is 1. The summed E-state index contributed by atoms with van der Waals surface area (Å²) in [4.78, 5) is 12.7. The molecule has 1 aromatic carbocycles. The summed E-state index contributed by atoms with van der Waals surface area (Å²) in [6.45, 7) is 9.07. The minimum atomic E-state index is -0.772. The molecule has 2 aromatic heterocycles. The van der Waals surface area contributed by atoms with Gasteiger partial charge in [0.2, 0.25) is 11.6 Å². The van der Waals surface area contributed by atoms with Crippen LogP contribution in [0.15, 0.2) is 24.5 Å². The number of hydrogen-bond donors (Lipinski definition) is 0. The first-order chi connectivity index (χ1) is 13.4. The van der Waals surface area contributed by atoms with Crippen LogP contribution in [0.1, 0.15) is 25.6 Å². The smallest absolute Gasteiger partial charge is 0.233 e. The summed E-state index contributed by atoms with van der Waals surface area (Å²) in [5.41, 5.74) is 0.822. The third-order valence-electron chi connectivity index (χ3n) is 4.55. The number of morpholine rings is 1. The average Bonchev–Trinajstić information content (AvgIpc) is 3.06. The summed E-state index contributed by atoms with van der Waals surface area (Å²) in [6.07, 6.45) is 1.36. The summed E-state index contributed by atoms with van der Waals surface area (Å²) in [5.74, 6) is -1.85. The molecule has 8 heteroatoms. The molecule has 28 heavy (non-hydrogen) atoms. The molecule has 1 saturated heterocycles. The van der Waals surface area contributed by atoms with Crippen LogP contribution in [0.3, 0.4) is 0 Å². The number of nitrogens with zero attached hydrogens (tertiary/aromatic N) is 3. The standard InChI is InChI=1S/C20H21F2N3O2S/c1-20(2,3)17-15(25-7-9-26-10-8-25)14-18(23-11-24-19(14)28-17)27-16-12(21)5-4-6-13(16)22/h4-6,11H,7-10H2,1-3H3. The van der Waals surface area contributed by atoms with E-state index >= 15 is 0 Å². The van der Waals surface area contributed by atoms with Crippen LogP contribution in [0.25, 0.3) is 10.2 Å². The molecule has 0 spiro atoms. The van der Waals surface area contributed by atoms with Crippen molar-refractivity contribution in [1.82, 2.24) is 9.97 Å². The lowest BCUT2D eigenvalue weighted by molar-refractivity contribution is 0.122. The molecule has 1 fully saturated rings. The Morgan fingerprint density at radius 1 is 1.11 bits per heavy atom. The van der Waals surface area contributed by atoms with Crippen LogP contribution in [-0.4, -0.2) is 36.3 Å². The highest BCUT2D eigenvalue weighted by Gasteiger charge is 2.30. The molecule has 1 aliphatic rings. The van der Waals surface area contributed by atoms with Gasteiger partial charge in [0.05, 0.1) is 24.3 Å². The number of para-hydroxylation sites is 1. The normalized spacial score (nSPS) is 15.2. The highest BCUT2D eigenvalue weighted by Crippen LogP contribution is 2.47. The monoisotopic (exact) mass is 405 g/mol. The van der Waals surface area contributed by atoms with E-state index in [9.17, 15) is 8.78 Å². The average molecular weight is 405 g/mol. The SMILES string of the molecule is CC(C)(C)c1sc2ncnc(Oc3c(F)cccc3F)c2c1N1CCOCC1. The van der Waals surface area contributed by atoms with Gasteiger partial charge in [-0.1, -0.05) is 26.8 Å². The third kappa shape index (κ3) is 3.42. The third-order valence-corrected chi connectivity index (χ3v) is 6.07. The van der Waals surface area contributed by atoms with Crippen molar-refractivity contribution in [2.24, 2.45) is 0 Å². The Kier molecular flexibility index (Phi) is 4.93. The first kappa shape index (κ1) is 19.0. The number of ether oxygens (including phenoxy) is 2. The van der Waals surface area contributed by atoms with Gasteiger partial charge in [-0.15, -0.1) is 11.3 Å². The van der Waals surface area contributed by atoms with Crippen LogP contribution in [0.4, 0.5) is 14.5 Å². The van der Waals surface area contributed by atoms with Gasteiger partial charge in [0.25, 0.3) is 0 Å². The molecule has 1 aliphatic heterocycles. The van der Waals surface area contributed by atoms with Crippen LogP contribution in [-0.2, 0) is 10.2 Å². The largest absolute Gasteiger partial charge is 0.432 e. The van der Waals surface area contributed by atoms with Crippen molar-refractivity contribution >= 4 is 27.2 Å². The second kappa shape index (κ2) is 7.25. The first-order valence-corrected chi connectivity index (χ1v) is 9.90. The van der Waals surface area contributed by atoms with E-state index in [2.05, 4.69) is 35.6 Å². The zero-order chi connectivity index (χ0) is 19.9. The van der Waals surface area contributed by atoms with E-state index in [0.29, 0.717) is 18.6 Å². The summed E-state index contributed by atoms with van der Waals surface area (Å²) in [7, 11) is 0. The van der Waals surface area contributed by atoms with E-state index in [4.69, 9.17) is 9.47 Å². The number of thiophene rings is 1. The zero-order valence-corrected chi connectivity index (χ0v) is 16.8. The van der Waals surface area contributed by atoms with Gasteiger partial charge < -0.3 is 14.4 Å². The summed E-state index contributed by atoms with van der Waals surface area (Å²) in [5, 5.41) is 0.682. The van der Waals surface area contributed by atoms with Gasteiger partial charge >= 0.3 is 0 Å². The van der Waals surface area contributed by atoms with Crippen molar-refractivity contribution in [3.63, 3.8) is 0 Å². The number of rotatable bonds is 3. The molecule has 0 saturated carbocycles. The molecule has 0 amide bonds. The van der Waals surface area contributed by atoms with Crippen LogP contribution >= 0.6 is 11.3 Å². The van der Waals surface area contributed by atoms with E-state index in [1.165, 1.54) is 12.4 Å². The highest BCUT2D eigenvalue weighted by molar-refractivity contribution is 7.19. The van der Waals surface area contributed by atoms with E-state index in [-0.39, 0.29) is 11.3 Å². The van der Waals surface area contributed by atoms with Gasteiger partial charge in [0, 0.05) is 18.0 Å². The van der Waals surface area contributed by atoms with Gasteiger partial charge in [0.15, 0.2) is 11.6 Å². The van der Waals surface area contributed by atoms with Crippen molar-refractivity contribution in [2.45, 2.75) is 26.2 Å². The molecule has 5 nitrogen and oxygen atoms in total. The first-order valence-electron chi connectivity index (χ1n) is 9.09. The van der Waals surface area contributed by atoms with Gasteiger partial charge in [0.1, 0.15) is 11.2 Å². The number of aromatic nitrogens is 2. The van der Waals surface area contributed by atoms with Crippen LogP contribution in [0.2, 0.25) is 0 Å². The predicted molar refractivity (Wildman–Crippen MR) is 106 cm³/mol. The Morgan fingerprint density at radius 2 is 1.79 bits per heavy atom. The molecule has 0 bridgehead atoms. The fraction of sp³-hybridized carbons (Fsp3) is 0.400. The van der Waals surface area contributed by atoms with Crippen molar-refractivity contribution in [1.29, 1.82) is 0 Å². The lowest BCUT2D eigenvalue weighted by atomic mass is 9.92. The molecule has 0 N–H and O–H groups in total. The lowest BCUT2D eigenvalue weighted by Crippen LogP contribution is -2.37. The Balaban J connectivity index is 1.91. The summed E-state index contributed by atoms with van der Waals surface area (Å²) in [6, 6.07) is 3.62. The van der Waals surface area contributed by atoms with Crippen LogP contribution in [0, 0.1) is 11.6 Å². The Morgan fingerprint density at radius 3 is 2.43 bits per heavy atom. The number of hydrogen-bond acceptors (Lipinski definition) is 6. The molecule has 148 valence electrons. The zero-order valence-electron chi connectivity index (χ0n) is 16.0. The highest BCUT2D eigenvalue weighted by atomic mass is 32.1. The topological polar surface area (TPSA) is 47.5 Å². The van der Waals surface area contributed by atoms with Crippen LogP contribution < -0.4 is 9.64 Å². The second-order valence-corrected chi connectivity index (χ2v) is 8.64. The van der Waals surface area contributed by atoms with E-state index in [1.807, 2.05) is 0 Å². The Bertz CT molecular complexity index is 990. The van der Waals surface area contributed by atoms with Gasteiger partial charge in [-0.3, -0.25) is 0 Å². The van der Waals surface area contributed by atoms with Gasteiger partial charge in [-0.05, 0) is 17.5 Å². The molecule has 0 radical (unpaired) electrons. The molecular formula is C20H21F2N3O2S. The maximum atomic E-state index is 14.2. The molecule has 3 heterocycles. The van der Waals surface area contributed by atoms with Crippen molar-refractivity contribution in [2.75, 3.05) is 31.2 Å². The summed E-state index contributed by atoms with van der Waals surface area (Å²) >= 11 is 1.56. The molecular weight excluding hydrogens is 384 g/mol. The van der Waals surface area contributed by atoms with Crippen molar-refractivity contribution in [3.8, 4) is 11.6 Å². The lowest BCUT2D eigenvalue weighted by Gasteiger charge is -2.32. The van der Waals surface area contributed by atoms with E-state index in [1.54, 1.807) is 11.3 Å². The maximum Gasteiger partial charge on any atom is 0.233 e. The van der Waals surface area contributed by atoms with Gasteiger partial charge in [-0.2, -0.15) is 0 Å². The predicted octanol–water partition coefficient (Wildman–Crippen LogP) is 4.90.